The van der Waals surface area contributed by atoms with Crippen LogP contribution in [-0.2, 0) is 4.79 Å². The molecule has 3 unspecified atom stereocenters. The summed E-state index contributed by atoms with van der Waals surface area (Å²) >= 11 is 0. The first-order chi connectivity index (χ1) is 8.08. The van der Waals surface area contributed by atoms with Crippen molar-refractivity contribution in [2.24, 2.45) is 23.5 Å². The van der Waals surface area contributed by atoms with E-state index in [-0.39, 0.29) is 30.4 Å². The lowest BCUT2D eigenvalue weighted by molar-refractivity contribution is -0.126. The van der Waals surface area contributed by atoms with E-state index in [0.717, 1.165) is 25.7 Å². The zero-order valence-corrected chi connectivity index (χ0v) is 11.0. The van der Waals surface area contributed by atoms with E-state index in [1.54, 1.807) is 0 Å². The molecule has 1 fully saturated rings. The maximum absolute atomic E-state index is 12.1. The van der Waals surface area contributed by atoms with Gasteiger partial charge in [-0.3, -0.25) is 4.79 Å². The lowest BCUT2D eigenvalue weighted by Crippen LogP contribution is -2.44. The van der Waals surface area contributed by atoms with E-state index in [9.17, 15) is 9.90 Å². The highest BCUT2D eigenvalue weighted by atomic mass is 16.3. The average Bonchev–Trinajstić information content (AvgIpc) is 2.72. The van der Waals surface area contributed by atoms with Crippen molar-refractivity contribution in [2.45, 2.75) is 45.6 Å². The molecule has 4 heteroatoms. The Morgan fingerprint density at radius 1 is 1.47 bits per heavy atom. The van der Waals surface area contributed by atoms with Gasteiger partial charge in [-0.05, 0) is 25.2 Å². The van der Waals surface area contributed by atoms with Gasteiger partial charge in [0.15, 0.2) is 0 Å². The van der Waals surface area contributed by atoms with Gasteiger partial charge in [-0.25, -0.2) is 0 Å². The van der Waals surface area contributed by atoms with Gasteiger partial charge in [0.1, 0.15) is 0 Å². The van der Waals surface area contributed by atoms with E-state index in [1.165, 1.54) is 0 Å². The minimum atomic E-state index is -0.0880. The molecule has 1 saturated carbocycles. The van der Waals surface area contributed by atoms with Crippen LogP contribution < -0.4 is 11.1 Å². The first-order valence-electron chi connectivity index (χ1n) is 6.69. The third kappa shape index (κ3) is 4.28. The van der Waals surface area contributed by atoms with Crippen LogP contribution in [0.3, 0.4) is 0 Å². The summed E-state index contributed by atoms with van der Waals surface area (Å²) in [5, 5.41) is 12.3. The van der Waals surface area contributed by atoms with Gasteiger partial charge in [0.2, 0.25) is 5.91 Å². The van der Waals surface area contributed by atoms with Gasteiger partial charge in [0.05, 0.1) is 5.92 Å². The summed E-state index contributed by atoms with van der Waals surface area (Å²) < 4.78 is 0. The molecule has 0 aromatic carbocycles. The molecule has 4 N–H and O–H groups in total. The molecule has 0 radical (unpaired) electrons. The summed E-state index contributed by atoms with van der Waals surface area (Å²) in [6.45, 7) is 4.77. The van der Waals surface area contributed by atoms with E-state index in [4.69, 9.17) is 5.73 Å². The Balaban J connectivity index is 2.46. The predicted octanol–water partition coefficient (Wildman–Crippen LogP) is 0.885. The third-order valence-corrected chi connectivity index (χ3v) is 3.63. The second kappa shape index (κ2) is 6.97. The van der Waals surface area contributed by atoms with Crippen molar-refractivity contribution in [1.82, 2.24) is 5.32 Å². The van der Waals surface area contributed by atoms with Crippen LogP contribution in [0.25, 0.3) is 0 Å². The van der Waals surface area contributed by atoms with Crippen molar-refractivity contribution in [3.63, 3.8) is 0 Å². The van der Waals surface area contributed by atoms with Crippen molar-refractivity contribution in [1.29, 1.82) is 0 Å². The van der Waals surface area contributed by atoms with E-state index in [1.807, 2.05) is 0 Å². The van der Waals surface area contributed by atoms with Crippen LogP contribution in [0.5, 0.6) is 0 Å². The fraction of sp³-hybridized carbons (Fsp3) is 0.923. The minimum Gasteiger partial charge on any atom is -0.396 e. The molecule has 1 rings (SSSR count). The standard InChI is InChI=1S/C13H26N2O2/c1-9(2)6-11(7-14)13(17)15-12-5-3-4-10(12)8-16/h9-12,16H,3-8,14H2,1-2H3,(H,15,17). The smallest absolute Gasteiger partial charge is 0.224 e. The van der Waals surface area contributed by atoms with Gasteiger partial charge >= 0.3 is 0 Å². The fourth-order valence-electron chi connectivity index (χ4n) is 2.63. The highest BCUT2D eigenvalue weighted by molar-refractivity contribution is 5.79. The predicted molar refractivity (Wildman–Crippen MR) is 68.4 cm³/mol. The first-order valence-corrected chi connectivity index (χ1v) is 6.69. The number of nitrogens with two attached hydrogens (primary N) is 1. The van der Waals surface area contributed by atoms with Gasteiger partial charge < -0.3 is 16.2 Å². The van der Waals surface area contributed by atoms with Crippen LogP contribution in [0.15, 0.2) is 0 Å². The molecule has 0 bridgehead atoms. The van der Waals surface area contributed by atoms with Crippen molar-refractivity contribution in [3.8, 4) is 0 Å². The molecule has 1 amide bonds. The molecule has 100 valence electrons. The van der Waals surface area contributed by atoms with Crippen molar-refractivity contribution in [3.05, 3.63) is 0 Å². The molecule has 0 heterocycles. The molecule has 0 saturated heterocycles. The summed E-state index contributed by atoms with van der Waals surface area (Å²) in [4.78, 5) is 12.1. The summed E-state index contributed by atoms with van der Waals surface area (Å²) in [7, 11) is 0. The largest absolute Gasteiger partial charge is 0.396 e. The molecule has 0 aromatic heterocycles. The van der Waals surface area contributed by atoms with Gasteiger partial charge in [-0.2, -0.15) is 0 Å². The van der Waals surface area contributed by atoms with Gasteiger partial charge in [-0.15, -0.1) is 0 Å². The summed E-state index contributed by atoms with van der Waals surface area (Å²) in [6, 6.07) is 0.147. The highest BCUT2D eigenvalue weighted by Crippen LogP contribution is 2.25. The molecular weight excluding hydrogens is 216 g/mol. The number of carbonyl (C=O) groups excluding carboxylic acids is 1. The number of hydrogen-bond acceptors (Lipinski definition) is 3. The van der Waals surface area contributed by atoms with Crippen LogP contribution in [0, 0.1) is 17.8 Å². The molecule has 0 spiro atoms. The summed E-state index contributed by atoms with van der Waals surface area (Å²) in [5.74, 6) is 0.685. The van der Waals surface area contributed by atoms with Crippen LogP contribution >= 0.6 is 0 Å². The topological polar surface area (TPSA) is 75.4 Å². The van der Waals surface area contributed by atoms with E-state index in [2.05, 4.69) is 19.2 Å². The van der Waals surface area contributed by atoms with Crippen molar-refractivity contribution in [2.75, 3.05) is 13.2 Å². The summed E-state index contributed by atoms with van der Waals surface area (Å²) in [5.41, 5.74) is 5.65. The van der Waals surface area contributed by atoms with E-state index < -0.39 is 0 Å². The van der Waals surface area contributed by atoms with E-state index >= 15 is 0 Å². The lowest BCUT2D eigenvalue weighted by atomic mass is 9.95. The Labute approximate surface area is 104 Å². The quantitative estimate of drug-likeness (QED) is 0.647. The van der Waals surface area contributed by atoms with Gasteiger partial charge in [0, 0.05) is 25.1 Å². The highest BCUT2D eigenvalue weighted by Gasteiger charge is 2.29. The maximum atomic E-state index is 12.1. The van der Waals surface area contributed by atoms with Crippen molar-refractivity contribution >= 4 is 5.91 Å². The van der Waals surface area contributed by atoms with Crippen LogP contribution in [-0.4, -0.2) is 30.2 Å². The normalized spacial score (nSPS) is 26.2. The average molecular weight is 242 g/mol. The van der Waals surface area contributed by atoms with Gasteiger partial charge in [0.25, 0.3) is 0 Å². The molecule has 17 heavy (non-hydrogen) atoms. The second-order valence-electron chi connectivity index (χ2n) is 5.55. The minimum absolute atomic E-state index is 0.0616. The number of aliphatic hydroxyl groups is 1. The molecule has 1 aliphatic rings. The lowest BCUT2D eigenvalue weighted by Gasteiger charge is -2.23. The molecule has 0 aromatic rings. The Hall–Kier alpha value is -0.610. The maximum Gasteiger partial charge on any atom is 0.224 e. The number of carbonyl (C=O) groups is 1. The Morgan fingerprint density at radius 3 is 2.71 bits per heavy atom. The monoisotopic (exact) mass is 242 g/mol. The van der Waals surface area contributed by atoms with E-state index in [0.29, 0.717) is 12.5 Å². The number of hydrogen-bond donors (Lipinski definition) is 3. The molecular formula is C13H26N2O2. The van der Waals surface area contributed by atoms with Crippen LogP contribution in [0.4, 0.5) is 0 Å². The van der Waals surface area contributed by atoms with Crippen LogP contribution in [0.2, 0.25) is 0 Å². The Kier molecular flexibility index (Phi) is 5.92. The molecule has 4 nitrogen and oxygen atoms in total. The van der Waals surface area contributed by atoms with Crippen LogP contribution in [0.1, 0.15) is 39.5 Å². The number of aliphatic hydroxyl groups excluding tert-OH is 1. The Morgan fingerprint density at radius 2 is 2.18 bits per heavy atom. The Bertz CT molecular complexity index is 244. The van der Waals surface area contributed by atoms with Crippen molar-refractivity contribution < 1.29 is 9.90 Å². The summed E-state index contributed by atoms with van der Waals surface area (Å²) in [6.07, 6.45) is 3.92. The second-order valence-corrected chi connectivity index (χ2v) is 5.55. The SMILES string of the molecule is CC(C)CC(CN)C(=O)NC1CCCC1CO. The zero-order valence-electron chi connectivity index (χ0n) is 11.0. The number of rotatable bonds is 6. The molecule has 1 aliphatic carbocycles. The third-order valence-electron chi connectivity index (χ3n) is 3.63. The molecule has 0 aliphatic heterocycles. The first kappa shape index (κ1) is 14.5. The number of amides is 1. The molecule has 3 atom stereocenters. The number of nitrogens with one attached hydrogen (secondary N) is 1. The van der Waals surface area contributed by atoms with Gasteiger partial charge in [-0.1, -0.05) is 20.3 Å². The fourth-order valence-corrected chi connectivity index (χ4v) is 2.63. The zero-order chi connectivity index (χ0) is 12.8.